The van der Waals surface area contributed by atoms with Crippen molar-refractivity contribution in [1.29, 1.82) is 5.41 Å². The molecule has 0 spiro atoms. The van der Waals surface area contributed by atoms with Crippen molar-refractivity contribution in [1.82, 2.24) is 5.01 Å². The molecule has 0 unspecified atom stereocenters. The van der Waals surface area contributed by atoms with Crippen LogP contribution in [-0.4, -0.2) is 34.9 Å². The Kier molecular flexibility index (Phi) is 2.55. The fourth-order valence-electron chi connectivity index (χ4n) is 1.43. The first-order valence-electron chi connectivity index (χ1n) is 5.03. The number of phenols is 1. The third-order valence-corrected chi connectivity index (χ3v) is 2.51. The van der Waals surface area contributed by atoms with Gasteiger partial charge < -0.3 is 10.8 Å². The first kappa shape index (κ1) is 11.1. The summed E-state index contributed by atoms with van der Waals surface area (Å²) in [5, 5.41) is 22.5. The summed E-state index contributed by atoms with van der Waals surface area (Å²) < 4.78 is 0. The molecule has 2 rings (SSSR count). The van der Waals surface area contributed by atoms with Crippen LogP contribution in [0.5, 0.6) is 5.75 Å². The molecular weight excluding hydrogens is 218 g/mol. The van der Waals surface area contributed by atoms with Crippen molar-refractivity contribution in [3.8, 4) is 5.75 Å². The van der Waals surface area contributed by atoms with Crippen LogP contribution in [0.2, 0.25) is 0 Å². The maximum absolute atomic E-state index is 9.47. The van der Waals surface area contributed by atoms with Gasteiger partial charge in [0.1, 0.15) is 11.5 Å². The van der Waals surface area contributed by atoms with Crippen LogP contribution >= 0.6 is 0 Å². The number of amidine groups is 1. The fourth-order valence-corrected chi connectivity index (χ4v) is 1.43. The lowest BCUT2D eigenvalue weighted by atomic mass is 10.1. The van der Waals surface area contributed by atoms with Crippen LogP contribution in [0.25, 0.3) is 0 Å². The number of rotatable bonds is 1. The Morgan fingerprint density at radius 1 is 1.47 bits per heavy atom. The normalized spacial score (nSPS) is 17.2. The van der Waals surface area contributed by atoms with E-state index in [1.807, 2.05) is 0 Å². The lowest BCUT2D eigenvalue weighted by Crippen LogP contribution is -2.21. The van der Waals surface area contributed by atoms with Gasteiger partial charge in [-0.1, -0.05) is 0 Å². The highest BCUT2D eigenvalue weighted by Crippen LogP contribution is 2.30. The molecule has 17 heavy (non-hydrogen) atoms. The number of benzene rings is 1. The number of nitrogens with two attached hydrogens (primary N) is 1. The van der Waals surface area contributed by atoms with E-state index in [2.05, 4.69) is 10.1 Å². The zero-order valence-corrected chi connectivity index (χ0v) is 9.60. The summed E-state index contributed by atoms with van der Waals surface area (Å²) in [6, 6.07) is 3.13. The van der Waals surface area contributed by atoms with E-state index in [1.54, 1.807) is 20.0 Å². The van der Waals surface area contributed by atoms with E-state index in [1.165, 1.54) is 17.3 Å². The lowest BCUT2D eigenvalue weighted by Gasteiger charge is -2.07. The van der Waals surface area contributed by atoms with E-state index in [4.69, 9.17) is 11.1 Å². The number of aryl methyl sites for hydroxylation is 1. The van der Waals surface area contributed by atoms with Crippen LogP contribution in [0.15, 0.2) is 22.2 Å². The summed E-state index contributed by atoms with van der Waals surface area (Å²) in [6.07, 6.45) is 1.50. The molecule has 0 aliphatic carbocycles. The number of aromatic hydroxyl groups is 1. The third-order valence-electron chi connectivity index (χ3n) is 2.51. The molecule has 0 atom stereocenters. The molecule has 88 valence electrons. The topological polar surface area (TPSA) is 98.1 Å². The van der Waals surface area contributed by atoms with Gasteiger partial charge in [-0.2, -0.15) is 5.10 Å². The summed E-state index contributed by atoms with van der Waals surface area (Å²) in [5.41, 5.74) is 7.79. The molecule has 6 heteroatoms. The molecular formula is C11H13N5O. The molecule has 6 nitrogen and oxygen atoms in total. The van der Waals surface area contributed by atoms with Gasteiger partial charge >= 0.3 is 0 Å². The Labute approximate surface area is 98.6 Å². The molecule has 1 aliphatic heterocycles. The molecule has 0 saturated heterocycles. The first-order chi connectivity index (χ1) is 7.99. The van der Waals surface area contributed by atoms with Gasteiger partial charge in [0, 0.05) is 13.1 Å². The number of nitrogens with zero attached hydrogens (tertiary/aromatic N) is 3. The van der Waals surface area contributed by atoms with Crippen LogP contribution in [0.3, 0.4) is 0 Å². The molecule has 1 aliphatic rings. The summed E-state index contributed by atoms with van der Waals surface area (Å²) in [4.78, 5) is 4.26. The minimum Gasteiger partial charge on any atom is -0.508 e. The number of aliphatic imine (C=N–C) groups is 1. The van der Waals surface area contributed by atoms with E-state index < -0.39 is 0 Å². The molecule has 0 saturated carbocycles. The van der Waals surface area contributed by atoms with Crippen LogP contribution in [-0.2, 0) is 0 Å². The van der Waals surface area contributed by atoms with Crippen LogP contribution in [0.4, 0.5) is 11.4 Å². The van der Waals surface area contributed by atoms with Gasteiger partial charge in [-0.3, -0.25) is 5.41 Å². The van der Waals surface area contributed by atoms with Crippen molar-refractivity contribution in [2.24, 2.45) is 10.1 Å². The Hall–Kier alpha value is -2.37. The number of hydrazone groups is 1. The van der Waals surface area contributed by atoms with Crippen molar-refractivity contribution in [2.75, 3.05) is 12.8 Å². The van der Waals surface area contributed by atoms with Gasteiger partial charge in [-0.05, 0) is 18.6 Å². The number of hydrogen-bond acceptors (Lipinski definition) is 5. The van der Waals surface area contributed by atoms with Gasteiger partial charge in [0.15, 0.2) is 5.84 Å². The Morgan fingerprint density at radius 2 is 2.18 bits per heavy atom. The molecule has 1 aromatic carbocycles. The predicted molar refractivity (Wildman–Crippen MR) is 68.3 cm³/mol. The number of anilines is 1. The highest BCUT2D eigenvalue weighted by Gasteiger charge is 2.16. The largest absolute Gasteiger partial charge is 0.508 e. The third kappa shape index (κ3) is 1.96. The molecule has 0 radical (unpaired) electrons. The van der Waals surface area contributed by atoms with Crippen molar-refractivity contribution >= 4 is 29.1 Å². The number of nitrogens with one attached hydrogen (secondary N) is 1. The maximum atomic E-state index is 9.47. The molecule has 1 heterocycles. The Balaban J connectivity index is 2.43. The smallest absolute Gasteiger partial charge is 0.169 e. The number of hydrogen-bond donors (Lipinski definition) is 3. The number of nitrogen functional groups attached to an aromatic ring is 1. The fraction of sp³-hybridized carbons (Fsp3) is 0.182. The molecule has 0 bridgehead atoms. The molecule has 0 fully saturated rings. The van der Waals surface area contributed by atoms with Gasteiger partial charge in [-0.15, -0.1) is 0 Å². The standard InChI is InChI=1S/C11H13N5O/c1-6-3-8(7(12)4-10(6)17)15-9-5-14-16(2)11(9)13/h3-5,13,17H,12H2,1-2H3. The minimum absolute atomic E-state index is 0.138. The second kappa shape index (κ2) is 3.89. The van der Waals surface area contributed by atoms with Crippen LogP contribution in [0, 0.1) is 12.3 Å². The second-order valence-electron chi connectivity index (χ2n) is 3.81. The molecule has 1 aromatic rings. The van der Waals surface area contributed by atoms with Crippen LogP contribution < -0.4 is 5.73 Å². The summed E-state index contributed by atoms with van der Waals surface area (Å²) in [7, 11) is 1.67. The van der Waals surface area contributed by atoms with Gasteiger partial charge in [0.2, 0.25) is 0 Å². The van der Waals surface area contributed by atoms with Gasteiger partial charge in [0.25, 0.3) is 0 Å². The van der Waals surface area contributed by atoms with Gasteiger partial charge in [0.05, 0.1) is 17.6 Å². The Morgan fingerprint density at radius 3 is 2.76 bits per heavy atom. The zero-order valence-electron chi connectivity index (χ0n) is 9.60. The minimum atomic E-state index is 0.138. The summed E-state index contributed by atoms with van der Waals surface area (Å²) >= 11 is 0. The van der Waals surface area contributed by atoms with Crippen molar-refractivity contribution in [3.05, 3.63) is 17.7 Å². The Bertz CT molecular complexity index is 547. The maximum Gasteiger partial charge on any atom is 0.169 e. The average Bonchev–Trinajstić information content (AvgIpc) is 2.58. The summed E-state index contributed by atoms with van der Waals surface area (Å²) in [5.74, 6) is 0.355. The van der Waals surface area contributed by atoms with E-state index in [9.17, 15) is 5.11 Å². The zero-order chi connectivity index (χ0) is 12.6. The van der Waals surface area contributed by atoms with E-state index in [-0.39, 0.29) is 11.6 Å². The lowest BCUT2D eigenvalue weighted by molar-refractivity contribution is 0.471. The molecule has 0 aromatic heterocycles. The van der Waals surface area contributed by atoms with E-state index >= 15 is 0 Å². The second-order valence-corrected chi connectivity index (χ2v) is 3.81. The highest BCUT2D eigenvalue weighted by atomic mass is 16.3. The van der Waals surface area contributed by atoms with E-state index in [0.29, 0.717) is 22.6 Å². The van der Waals surface area contributed by atoms with E-state index in [0.717, 1.165) is 0 Å². The van der Waals surface area contributed by atoms with Crippen molar-refractivity contribution in [2.45, 2.75) is 6.92 Å². The molecule has 4 N–H and O–H groups in total. The van der Waals surface area contributed by atoms with Crippen LogP contribution in [0.1, 0.15) is 5.56 Å². The monoisotopic (exact) mass is 231 g/mol. The SMILES string of the molecule is Cc1cc(N=C2C=NN(C)C2=N)c(N)cc1O. The quantitative estimate of drug-likeness (QED) is 0.634. The average molecular weight is 231 g/mol. The van der Waals surface area contributed by atoms with Crippen molar-refractivity contribution < 1.29 is 5.11 Å². The van der Waals surface area contributed by atoms with Gasteiger partial charge in [-0.25, -0.2) is 10.0 Å². The first-order valence-corrected chi connectivity index (χ1v) is 5.03. The predicted octanol–water partition coefficient (Wildman–Crippen LogP) is 1.26. The molecule has 0 amide bonds. The summed E-state index contributed by atoms with van der Waals surface area (Å²) in [6.45, 7) is 1.76. The highest BCUT2D eigenvalue weighted by molar-refractivity contribution is 6.63. The van der Waals surface area contributed by atoms with Crippen molar-refractivity contribution in [3.63, 3.8) is 0 Å². The number of phenolic OH excluding ortho intramolecular Hbond substituents is 1.